The Labute approximate surface area is 161 Å². The summed E-state index contributed by atoms with van der Waals surface area (Å²) in [6.45, 7) is 0. The minimum atomic E-state index is -4.11. The van der Waals surface area contributed by atoms with E-state index in [-0.39, 0.29) is 9.79 Å². The van der Waals surface area contributed by atoms with Crippen LogP contribution in [0, 0.1) is 0 Å². The molecule has 0 aliphatic heterocycles. The van der Waals surface area contributed by atoms with Crippen LogP contribution >= 0.6 is 0 Å². The Bertz CT molecular complexity index is 1370. The Hall–Kier alpha value is -3.11. The van der Waals surface area contributed by atoms with E-state index in [9.17, 15) is 16.8 Å². The van der Waals surface area contributed by atoms with Crippen molar-refractivity contribution in [1.29, 1.82) is 0 Å². The maximum Gasteiger partial charge on any atom is 0.263 e. The molecule has 2 aromatic heterocycles. The minimum absolute atomic E-state index is 0.251. The summed E-state index contributed by atoms with van der Waals surface area (Å²) in [7, 11) is -7.82. The lowest BCUT2D eigenvalue weighted by Gasteiger charge is -2.11. The van der Waals surface area contributed by atoms with Crippen molar-refractivity contribution in [2.45, 2.75) is 9.79 Å². The summed E-state index contributed by atoms with van der Waals surface area (Å²) in [6, 6.07) is 14.1. The van der Waals surface area contributed by atoms with Crippen LogP contribution in [0.5, 0.6) is 0 Å². The molecule has 0 saturated heterocycles. The van der Waals surface area contributed by atoms with E-state index in [0.29, 0.717) is 11.4 Å². The van der Waals surface area contributed by atoms with Gasteiger partial charge in [0.15, 0.2) is 9.84 Å². The maximum atomic E-state index is 12.9. The Morgan fingerprint density at radius 2 is 1.68 bits per heavy atom. The zero-order chi connectivity index (χ0) is 19.9. The van der Waals surface area contributed by atoms with Crippen molar-refractivity contribution in [2.24, 2.45) is 0 Å². The lowest BCUT2D eigenvalue weighted by molar-refractivity contribution is 0.588. The van der Waals surface area contributed by atoms with Crippen molar-refractivity contribution >= 4 is 36.5 Å². The predicted molar refractivity (Wildman–Crippen MR) is 106 cm³/mol. The van der Waals surface area contributed by atoms with Gasteiger partial charge in [-0.05, 0) is 42.5 Å². The highest BCUT2D eigenvalue weighted by molar-refractivity contribution is 7.95. The normalized spacial score (nSPS) is 12.3. The van der Waals surface area contributed by atoms with Crippen LogP contribution in [0.25, 0.3) is 22.3 Å². The third kappa shape index (κ3) is 3.27. The molecule has 144 valence electrons. The molecule has 4 rings (SSSR count). The first-order valence-electron chi connectivity index (χ1n) is 8.19. The Kier molecular flexibility index (Phi) is 4.24. The summed E-state index contributed by atoms with van der Waals surface area (Å²) in [4.78, 5) is 2.51. The Balaban J connectivity index is 1.77. The van der Waals surface area contributed by atoms with Crippen molar-refractivity contribution in [3.63, 3.8) is 0 Å². The number of hydrogen-bond acceptors (Lipinski definition) is 5. The standard InChI is InChI=1S/C18H16N4O4S2/c1-27(23,24)16-6-2-3-7-17(16)28(25,26)22-12-8-9-14-13(11-12)18(21-20-14)15-5-4-10-19-15/h2-11,19,22H,1H3,(H,20,21). The lowest BCUT2D eigenvalue weighted by atomic mass is 10.1. The number of aromatic nitrogens is 3. The van der Waals surface area contributed by atoms with Crippen LogP contribution in [0.4, 0.5) is 5.69 Å². The molecule has 0 unspecified atom stereocenters. The summed E-state index contributed by atoms with van der Waals surface area (Å²) in [5, 5.41) is 7.89. The van der Waals surface area contributed by atoms with E-state index in [1.54, 1.807) is 24.4 Å². The van der Waals surface area contributed by atoms with Crippen molar-refractivity contribution < 1.29 is 16.8 Å². The van der Waals surface area contributed by atoms with Gasteiger partial charge in [-0.2, -0.15) is 5.10 Å². The van der Waals surface area contributed by atoms with E-state index in [1.807, 2.05) is 12.1 Å². The largest absolute Gasteiger partial charge is 0.360 e. The van der Waals surface area contributed by atoms with E-state index in [4.69, 9.17) is 0 Å². The third-order valence-electron chi connectivity index (χ3n) is 4.21. The minimum Gasteiger partial charge on any atom is -0.360 e. The van der Waals surface area contributed by atoms with E-state index in [2.05, 4.69) is 19.9 Å². The van der Waals surface area contributed by atoms with Crippen LogP contribution in [0.1, 0.15) is 0 Å². The Morgan fingerprint density at radius 3 is 2.36 bits per heavy atom. The fraction of sp³-hybridized carbons (Fsp3) is 0.0556. The number of fused-ring (bicyclic) bond motifs is 1. The van der Waals surface area contributed by atoms with Crippen molar-refractivity contribution in [1.82, 2.24) is 15.2 Å². The molecule has 0 radical (unpaired) electrons. The molecule has 2 heterocycles. The molecule has 0 bridgehead atoms. The van der Waals surface area contributed by atoms with E-state index in [0.717, 1.165) is 22.9 Å². The van der Waals surface area contributed by atoms with Crippen LogP contribution in [0.3, 0.4) is 0 Å². The number of sulfone groups is 1. The van der Waals surface area contributed by atoms with Gasteiger partial charge in [0.25, 0.3) is 10.0 Å². The van der Waals surface area contributed by atoms with Gasteiger partial charge in [-0.1, -0.05) is 12.1 Å². The number of aromatic amines is 2. The molecule has 0 saturated carbocycles. The molecule has 0 amide bonds. The Morgan fingerprint density at radius 1 is 0.929 bits per heavy atom. The second-order valence-electron chi connectivity index (χ2n) is 6.24. The van der Waals surface area contributed by atoms with Crippen LogP contribution in [-0.2, 0) is 19.9 Å². The number of rotatable bonds is 5. The average molecular weight is 416 g/mol. The van der Waals surface area contributed by atoms with E-state index < -0.39 is 19.9 Å². The number of nitrogens with zero attached hydrogens (tertiary/aromatic N) is 1. The quantitative estimate of drug-likeness (QED) is 0.461. The summed E-state index contributed by atoms with van der Waals surface area (Å²) in [5.74, 6) is 0. The fourth-order valence-electron chi connectivity index (χ4n) is 2.95. The first-order chi connectivity index (χ1) is 13.3. The number of nitrogens with one attached hydrogen (secondary N) is 3. The molecule has 0 atom stereocenters. The molecular formula is C18H16N4O4S2. The number of hydrogen-bond donors (Lipinski definition) is 3. The molecule has 2 aromatic carbocycles. The molecule has 28 heavy (non-hydrogen) atoms. The number of anilines is 1. The summed E-state index contributed by atoms with van der Waals surface area (Å²) in [5.41, 5.74) is 2.47. The topological polar surface area (TPSA) is 125 Å². The van der Waals surface area contributed by atoms with Gasteiger partial charge in [0, 0.05) is 23.5 Å². The SMILES string of the molecule is CS(=O)(=O)c1ccccc1S(=O)(=O)Nc1ccc2[nH]nc(-c3ccc[nH]3)c2c1. The summed E-state index contributed by atoms with van der Waals surface area (Å²) in [6.07, 6.45) is 2.74. The van der Waals surface area contributed by atoms with Gasteiger partial charge in [0.05, 0.1) is 16.1 Å². The van der Waals surface area contributed by atoms with Crippen LogP contribution in [0.15, 0.2) is 70.6 Å². The number of H-pyrrole nitrogens is 2. The molecule has 10 heteroatoms. The molecule has 3 N–H and O–H groups in total. The van der Waals surface area contributed by atoms with E-state index in [1.165, 1.54) is 24.3 Å². The zero-order valence-corrected chi connectivity index (χ0v) is 16.3. The van der Waals surface area contributed by atoms with E-state index >= 15 is 0 Å². The first kappa shape index (κ1) is 18.3. The molecule has 8 nitrogen and oxygen atoms in total. The van der Waals surface area contributed by atoms with Crippen molar-refractivity contribution in [2.75, 3.05) is 11.0 Å². The van der Waals surface area contributed by atoms with Crippen LogP contribution in [-0.4, -0.2) is 38.3 Å². The van der Waals surface area contributed by atoms with Gasteiger partial charge >= 0.3 is 0 Å². The monoisotopic (exact) mass is 416 g/mol. The molecule has 0 aliphatic rings. The third-order valence-corrected chi connectivity index (χ3v) is 6.93. The van der Waals surface area contributed by atoms with Gasteiger partial charge in [-0.25, -0.2) is 16.8 Å². The van der Waals surface area contributed by atoms with Gasteiger partial charge in [-0.3, -0.25) is 9.82 Å². The van der Waals surface area contributed by atoms with Gasteiger partial charge in [0.1, 0.15) is 10.6 Å². The highest BCUT2D eigenvalue weighted by Crippen LogP contribution is 2.29. The number of benzene rings is 2. The maximum absolute atomic E-state index is 12.9. The highest BCUT2D eigenvalue weighted by atomic mass is 32.2. The molecular weight excluding hydrogens is 400 g/mol. The second kappa shape index (κ2) is 6.50. The smallest absolute Gasteiger partial charge is 0.263 e. The van der Waals surface area contributed by atoms with Crippen molar-refractivity contribution in [3.05, 3.63) is 60.8 Å². The molecule has 0 spiro atoms. The fourth-order valence-corrected chi connectivity index (χ4v) is 5.63. The zero-order valence-electron chi connectivity index (χ0n) is 14.7. The van der Waals surface area contributed by atoms with Crippen molar-refractivity contribution in [3.8, 4) is 11.4 Å². The van der Waals surface area contributed by atoms with Gasteiger partial charge < -0.3 is 4.98 Å². The average Bonchev–Trinajstić information content (AvgIpc) is 3.29. The van der Waals surface area contributed by atoms with Crippen LogP contribution < -0.4 is 4.72 Å². The highest BCUT2D eigenvalue weighted by Gasteiger charge is 2.24. The predicted octanol–water partition coefficient (Wildman–Crippen LogP) is 2.76. The second-order valence-corrected chi connectivity index (χ2v) is 9.88. The van der Waals surface area contributed by atoms with Crippen LogP contribution in [0.2, 0.25) is 0 Å². The van der Waals surface area contributed by atoms with Gasteiger partial charge in [-0.15, -0.1) is 0 Å². The summed E-state index contributed by atoms with van der Waals surface area (Å²) < 4.78 is 52.1. The number of sulfonamides is 1. The van der Waals surface area contributed by atoms with Gasteiger partial charge in [0.2, 0.25) is 0 Å². The molecule has 4 aromatic rings. The molecule has 0 fully saturated rings. The summed E-state index contributed by atoms with van der Waals surface area (Å²) >= 11 is 0. The lowest BCUT2D eigenvalue weighted by Crippen LogP contribution is -2.16. The first-order valence-corrected chi connectivity index (χ1v) is 11.6. The molecule has 0 aliphatic carbocycles.